The molecule has 6 heteroatoms. The highest BCUT2D eigenvalue weighted by molar-refractivity contribution is 4.84. The quantitative estimate of drug-likeness (QED) is 0.761. The highest BCUT2D eigenvalue weighted by Gasteiger charge is 2.20. The summed E-state index contributed by atoms with van der Waals surface area (Å²) in [5.74, 6) is 0.974. The van der Waals surface area contributed by atoms with Gasteiger partial charge in [-0.05, 0) is 49.2 Å². The molecule has 1 unspecified atom stereocenters. The lowest BCUT2D eigenvalue weighted by Crippen LogP contribution is -2.24. The first kappa shape index (κ1) is 11.1. The summed E-state index contributed by atoms with van der Waals surface area (Å²) >= 11 is 0. The molecule has 0 amide bonds. The zero-order valence-electron chi connectivity index (χ0n) is 10.1. The Bertz CT molecular complexity index is 322. The van der Waals surface area contributed by atoms with Gasteiger partial charge in [0.1, 0.15) is 0 Å². The number of nitrogens with zero attached hydrogens (tertiary/aromatic N) is 5. The van der Waals surface area contributed by atoms with Crippen molar-refractivity contribution in [3.63, 3.8) is 0 Å². The summed E-state index contributed by atoms with van der Waals surface area (Å²) in [4.78, 5) is 2.41. The van der Waals surface area contributed by atoms with Crippen LogP contribution >= 0.6 is 0 Å². The zero-order valence-corrected chi connectivity index (χ0v) is 10.1. The molecule has 1 aromatic rings. The van der Waals surface area contributed by atoms with Gasteiger partial charge in [-0.2, -0.15) is 0 Å². The van der Waals surface area contributed by atoms with Crippen LogP contribution < -0.4 is 0 Å². The highest BCUT2D eigenvalue weighted by Crippen LogP contribution is 2.15. The largest absolute Gasteiger partial charge is 0.376 e. The Balaban J connectivity index is 1.61. The predicted molar refractivity (Wildman–Crippen MR) is 61.3 cm³/mol. The molecule has 0 N–H and O–H groups in total. The van der Waals surface area contributed by atoms with E-state index in [1.165, 1.54) is 25.9 Å². The van der Waals surface area contributed by atoms with Gasteiger partial charge in [0.05, 0.1) is 19.2 Å². The first-order chi connectivity index (χ1) is 8.42. The number of hydrogen-bond donors (Lipinski definition) is 0. The van der Waals surface area contributed by atoms with E-state index in [2.05, 4.69) is 20.4 Å². The number of likely N-dealkylation sites (tertiary alicyclic amines) is 1. The molecular formula is C11H19N5O. The first-order valence-electron chi connectivity index (χ1n) is 6.51. The minimum Gasteiger partial charge on any atom is -0.376 e. The fourth-order valence-corrected chi connectivity index (χ4v) is 2.60. The van der Waals surface area contributed by atoms with Gasteiger partial charge in [-0.3, -0.25) is 4.90 Å². The van der Waals surface area contributed by atoms with Crippen LogP contribution in [-0.4, -0.2) is 50.9 Å². The number of aromatic nitrogens is 4. The van der Waals surface area contributed by atoms with Crippen molar-refractivity contribution >= 4 is 0 Å². The fourth-order valence-electron chi connectivity index (χ4n) is 2.60. The molecule has 2 saturated heterocycles. The second kappa shape index (κ2) is 5.10. The predicted octanol–water partition coefficient (Wildman–Crippen LogP) is 0.448. The van der Waals surface area contributed by atoms with Gasteiger partial charge < -0.3 is 4.74 Å². The van der Waals surface area contributed by atoms with Crippen LogP contribution in [0.15, 0.2) is 0 Å². The minimum atomic E-state index is 0.302. The molecule has 0 saturated carbocycles. The lowest BCUT2D eigenvalue weighted by molar-refractivity contribution is 0.0919. The van der Waals surface area contributed by atoms with E-state index >= 15 is 0 Å². The maximum atomic E-state index is 5.62. The number of tetrazole rings is 1. The molecule has 0 aromatic carbocycles. The van der Waals surface area contributed by atoms with Crippen molar-refractivity contribution in [3.05, 3.63) is 5.82 Å². The summed E-state index contributed by atoms with van der Waals surface area (Å²) in [5.41, 5.74) is 0. The van der Waals surface area contributed by atoms with Crippen molar-refractivity contribution in [1.82, 2.24) is 25.1 Å². The van der Waals surface area contributed by atoms with Crippen molar-refractivity contribution in [1.29, 1.82) is 0 Å². The van der Waals surface area contributed by atoms with Gasteiger partial charge in [0, 0.05) is 6.61 Å². The van der Waals surface area contributed by atoms with Gasteiger partial charge in [-0.1, -0.05) is 0 Å². The topological polar surface area (TPSA) is 56.1 Å². The molecule has 2 aliphatic heterocycles. The molecule has 1 aromatic heterocycles. The van der Waals surface area contributed by atoms with E-state index in [0.29, 0.717) is 6.10 Å². The SMILES string of the molecule is C1COC(Cn2nnnc2CN2CCCC2)C1. The molecule has 3 rings (SSSR count). The molecule has 3 heterocycles. The van der Waals surface area contributed by atoms with Crippen LogP contribution in [0.3, 0.4) is 0 Å². The number of ether oxygens (including phenoxy) is 1. The van der Waals surface area contributed by atoms with E-state index in [1.807, 2.05) is 4.68 Å². The van der Waals surface area contributed by atoms with Crippen molar-refractivity contribution in [2.75, 3.05) is 19.7 Å². The van der Waals surface area contributed by atoms with Crippen LogP contribution in [-0.2, 0) is 17.8 Å². The van der Waals surface area contributed by atoms with Gasteiger partial charge in [-0.25, -0.2) is 4.68 Å². The molecule has 0 aliphatic carbocycles. The van der Waals surface area contributed by atoms with Crippen molar-refractivity contribution in [2.45, 2.75) is 44.9 Å². The standard InChI is InChI=1S/C11H19N5O/c1-2-6-15(5-1)9-11-12-13-14-16(11)8-10-4-3-7-17-10/h10H,1-9H2. The maximum Gasteiger partial charge on any atom is 0.165 e. The Labute approximate surface area is 101 Å². The molecule has 6 nitrogen and oxygen atoms in total. The highest BCUT2D eigenvalue weighted by atomic mass is 16.5. The lowest BCUT2D eigenvalue weighted by atomic mass is 10.2. The Morgan fingerprint density at radius 3 is 2.88 bits per heavy atom. The van der Waals surface area contributed by atoms with Gasteiger partial charge >= 0.3 is 0 Å². The Hall–Kier alpha value is -1.01. The first-order valence-corrected chi connectivity index (χ1v) is 6.51. The minimum absolute atomic E-state index is 0.302. The summed E-state index contributed by atoms with van der Waals surface area (Å²) in [6.07, 6.45) is 5.19. The number of rotatable bonds is 4. The lowest BCUT2D eigenvalue weighted by Gasteiger charge is -2.15. The van der Waals surface area contributed by atoms with E-state index < -0.39 is 0 Å². The summed E-state index contributed by atoms with van der Waals surface area (Å²) < 4.78 is 7.53. The van der Waals surface area contributed by atoms with Crippen LogP contribution in [0.5, 0.6) is 0 Å². The Morgan fingerprint density at radius 1 is 1.24 bits per heavy atom. The average molecular weight is 237 g/mol. The normalized spacial score (nSPS) is 25.8. The Morgan fingerprint density at radius 2 is 2.12 bits per heavy atom. The van der Waals surface area contributed by atoms with Crippen LogP contribution in [0, 0.1) is 0 Å². The monoisotopic (exact) mass is 237 g/mol. The third-order valence-electron chi connectivity index (χ3n) is 3.57. The zero-order chi connectivity index (χ0) is 11.5. The van der Waals surface area contributed by atoms with E-state index in [1.54, 1.807) is 0 Å². The van der Waals surface area contributed by atoms with Crippen molar-refractivity contribution in [2.24, 2.45) is 0 Å². The summed E-state index contributed by atoms with van der Waals surface area (Å²) in [7, 11) is 0. The third-order valence-corrected chi connectivity index (χ3v) is 3.57. The smallest absolute Gasteiger partial charge is 0.165 e. The molecule has 2 fully saturated rings. The molecular weight excluding hydrogens is 218 g/mol. The van der Waals surface area contributed by atoms with Gasteiger partial charge in [0.25, 0.3) is 0 Å². The summed E-state index contributed by atoms with van der Waals surface area (Å²) in [5, 5.41) is 12.0. The molecule has 0 radical (unpaired) electrons. The summed E-state index contributed by atoms with van der Waals surface area (Å²) in [6, 6.07) is 0. The van der Waals surface area contributed by atoms with Crippen LogP contribution in [0.25, 0.3) is 0 Å². The third kappa shape index (κ3) is 2.63. The van der Waals surface area contributed by atoms with Gasteiger partial charge in [-0.15, -0.1) is 5.10 Å². The van der Waals surface area contributed by atoms with Gasteiger partial charge in [0.2, 0.25) is 0 Å². The fraction of sp³-hybridized carbons (Fsp3) is 0.909. The summed E-state index contributed by atoms with van der Waals surface area (Å²) in [6.45, 7) is 4.91. The second-order valence-electron chi connectivity index (χ2n) is 4.90. The molecule has 2 aliphatic rings. The van der Waals surface area contributed by atoms with Crippen LogP contribution in [0.4, 0.5) is 0 Å². The average Bonchev–Trinajstić information content (AvgIpc) is 3.04. The van der Waals surface area contributed by atoms with Crippen molar-refractivity contribution < 1.29 is 4.74 Å². The van der Waals surface area contributed by atoms with Crippen LogP contribution in [0.2, 0.25) is 0 Å². The Kier molecular flexibility index (Phi) is 3.33. The van der Waals surface area contributed by atoms with E-state index in [9.17, 15) is 0 Å². The van der Waals surface area contributed by atoms with Crippen molar-refractivity contribution in [3.8, 4) is 0 Å². The molecule has 0 spiro atoms. The van der Waals surface area contributed by atoms with E-state index in [0.717, 1.165) is 38.4 Å². The van der Waals surface area contributed by atoms with Crippen LogP contribution in [0.1, 0.15) is 31.5 Å². The van der Waals surface area contributed by atoms with E-state index in [-0.39, 0.29) is 0 Å². The second-order valence-corrected chi connectivity index (χ2v) is 4.90. The van der Waals surface area contributed by atoms with Gasteiger partial charge in [0.15, 0.2) is 5.82 Å². The molecule has 0 bridgehead atoms. The van der Waals surface area contributed by atoms with E-state index in [4.69, 9.17) is 4.74 Å². The molecule has 94 valence electrons. The molecule has 1 atom stereocenters. The maximum absolute atomic E-state index is 5.62. The molecule has 17 heavy (non-hydrogen) atoms. The number of hydrogen-bond acceptors (Lipinski definition) is 5.